The number of nitrogens with one attached hydrogen (secondary N) is 3. The zero-order chi connectivity index (χ0) is 25.8. The number of likely N-dealkylation sites (N-methyl/N-ethyl adjacent to an activating group) is 1. The molecule has 8 nitrogen and oxygen atoms in total. The number of H-pyrrole nitrogens is 1. The maximum Gasteiger partial charge on any atom is 0.257 e. The molecule has 3 heterocycles. The minimum absolute atomic E-state index is 0.0250. The van der Waals surface area contributed by atoms with Crippen LogP contribution in [0.25, 0.3) is 22.6 Å². The number of ether oxygens (including phenoxy) is 1. The van der Waals surface area contributed by atoms with Crippen LogP contribution >= 0.6 is 11.6 Å². The minimum Gasteiger partial charge on any atom is -0.484 e. The molecule has 0 radical (unpaired) electrons. The monoisotopic (exact) mass is 518 g/mol. The number of piperidine rings is 1. The number of nitrogens with zero attached hydrogens (tertiary/aromatic N) is 3. The zero-order valence-corrected chi connectivity index (χ0v) is 21.8. The fourth-order valence-electron chi connectivity index (χ4n) is 4.65. The number of pyridine rings is 1. The molecule has 0 bridgehead atoms. The van der Waals surface area contributed by atoms with Crippen LogP contribution in [0.4, 0.5) is 5.69 Å². The predicted octanol–water partition coefficient (Wildman–Crippen LogP) is 4.79. The van der Waals surface area contributed by atoms with Crippen molar-refractivity contribution in [2.45, 2.75) is 32.4 Å². The first kappa shape index (κ1) is 25.0. The van der Waals surface area contributed by atoms with Gasteiger partial charge in [0, 0.05) is 38.3 Å². The fraction of sp³-hybridized carbons (Fsp3) is 0.321. The molecule has 1 amide bonds. The van der Waals surface area contributed by atoms with Crippen molar-refractivity contribution in [1.29, 1.82) is 0 Å². The van der Waals surface area contributed by atoms with Crippen molar-refractivity contribution in [2.75, 3.05) is 32.1 Å². The second kappa shape index (κ2) is 11.2. The maximum atomic E-state index is 11.4. The number of imidazole rings is 1. The first-order chi connectivity index (χ1) is 18.0. The number of carbonyl (C=O) groups excluding carboxylic acids is 1. The number of anilines is 1. The van der Waals surface area contributed by atoms with Crippen LogP contribution in [0, 0.1) is 6.92 Å². The van der Waals surface area contributed by atoms with Crippen LogP contribution in [-0.2, 0) is 11.3 Å². The molecule has 0 aliphatic carbocycles. The highest BCUT2D eigenvalue weighted by Crippen LogP contribution is 2.32. The molecular weight excluding hydrogens is 488 g/mol. The van der Waals surface area contributed by atoms with Gasteiger partial charge in [-0.1, -0.05) is 41.4 Å². The van der Waals surface area contributed by atoms with Gasteiger partial charge < -0.3 is 20.4 Å². The van der Waals surface area contributed by atoms with Gasteiger partial charge in [-0.25, -0.2) is 9.97 Å². The number of carbonyl (C=O) groups is 1. The van der Waals surface area contributed by atoms with Gasteiger partial charge in [0.1, 0.15) is 17.1 Å². The van der Waals surface area contributed by atoms with Crippen molar-refractivity contribution in [2.24, 2.45) is 0 Å². The van der Waals surface area contributed by atoms with E-state index in [1.807, 2.05) is 24.3 Å². The topological polar surface area (TPSA) is 95.2 Å². The Labute approximate surface area is 221 Å². The van der Waals surface area contributed by atoms with E-state index in [0.29, 0.717) is 28.3 Å². The van der Waals surface area contributed by atoms with E-state index in [1.54, 1.807) is 13.2 Å². The third-order valence-corrected chi connectivity index (χ3v) is 6.96. The molecule has 9 heteroatoms. The summed E-state index contributed by atoms with van der Waals surface area (Å²) in [5.74, 6) is 1.13. The van der Waals surface area contributed by atoms with Gasteiger partial charge in [-0.15, -0.1) is 0 Å². The van der Waals surface area contributed by atoms with E-state index in [4.69, 9.17) is 16.3 Å². The quantitative estimate of drug-likeness (QED) is 0.310. The van der Waals surface area contributed by atoms with Crippen molar-refractivity contribution >= 4 is 34.4 Å². The van der Waals surface area contributed by atoms with Crippen molar-refractivity contribution in [3.8, 4) is 17.1 Å². The van der Waals surface area contributed by atoms with Crippen molar-refractivity contribution in [3.63, 3.8) is 0 Å². The molecular formula is C28H31ClN6O2. The van der Waals surface area contributed by atoms with E-state index >= 15 is 0 Å². The number of rotatable bonds is 8. The third kappa shape index (κ3) is 6.03. The minimum atomic E-state index is -0.179. The summed E-state index contributed by atoms with van der Waals surface area (Å²) >= 11 is 6.59. The number of benzene rings is 2. The van der Waals surface area contributed by atoms with E-state index in [0.717, 1.165) is 49.2 Å². The molecule has 0 spiro atoms. The molecule has 37 heavy (non-hydrogen) atoms. The van der Waals surface area contributed by atoms with E-state index in [2.05, 4.69) is 61.7 Å². The highest BCUT2D eigenvalue weighted by atomic mass is 35.5. The highest BCUT2D eigenvalue weighted by molar-refractivity contribution is 6.34. The number of amides is 1. The van der Waals surface area contributed by atoms with Crippen molar-refractivity contribution < 1.29 is 9.53 Å². The lowest BCUT2D eigenvalue weighted by Crippen LogP contribution is -2.38. The molecule has 0 unspecified atom stereocenters. The number of halogens is 1. The van der Waals surface area contributed by atoms with Gasteiger partial charge in [-0.05, 0) is 49.6 Å². The molecule has 3 N–H and O–H groups in total. The predicted molar refractivity (Wildman–Crippen MR) is 147 cm³/mol. The largest absolute Gasteiger partial charge is 0.484 e. The lowest BCUT2D eigenvalue weighted by Gasteiger charge is -2.33. The Morgan fingerprint density at radius 2 is 1.97 bits per heavy atom. The molecule has 1 fully saturated rings. The average Bonchev–Trinajstić information content (AvgIpc) is 3.35. The number of aromatic nitrogens is 3. The van der Waals surface area contributed by atoms with Gasteiger partial charge in [0.25, 0.3) is 5.91 Å². The molecule has 1 saturated heterocycles. The standard InChI is InChI=1S/C28H31ClN6O2/c1-18-4-3-5-19(14-18)16-35-12-10-21(11-13-35)32-25-23(29)15-31-28-26(25)33-27(34-28)20-6-8-22(9-7-20)37-17-24(36)30-2/h3-9,14-15,21H,10-13,16-17H2,1-2H3,(H,30,36)(H2,31,32,33,34). The number of hydrogen-bond acceptors (Lipinski definition) is 6. The summed E-state index contributed by atoms with van der Waals surface area (Å²) < 4.78 is 5.49. The van der Waals surface area contributed by atoms with Crippen LogP contribution in [-0.4, -0.2) is 58.5 Å². The maximum absolute atomic E-state index is 11.4. The Hall–Kier alpha value is -3.62. The summed E-state index contributed by atoms with van der Waals surface area (Å²) in [5.41, 5.74) is 5.80. The molecule has 0 saturated carbocycles. The van der Waals surface area contributed by atoms with Crippen LogP contribution in [0.1, 0.15) is 24.0 Å². The van der Waals surface area contributed by atoms with E-state index in [1.165, 1.54) is 11.1 Å². The van der Waals surface area contributed by atoms with Gasteiger partial charge in [0.2, 0.25) is 0 Å². The molecule has 1 aliphatic rings. The summed E-state index contributed by atoms with van der Waals surface area (Å²) in [6.07, 6.45) is 3.72. The Morgan fingerprint density at radius 3 is 2.70 bits per heavy atom. The molecule has 1 aliphatic heterocycles. The second-order valence-corrected chi connectivity index (χ2v) is 9.84. The van der Waals surface area contributed by atoms with Gasteiger partial charge in [-0.3, -0.25) is 9.69 Å². The summed E-state index contributed by atoms with van der Waals surface area (Å²) in [4.78, 5) is 26.4. The highest BCUT2D eigenvalue weighted by Gasteiger charge is 2.22. The Morgan fingerprint density at radius 1 is 1.19 bits per heavy atom. The Balaban J connectivity index is 1.26. The SMILES string of the molecule is CNC(=O)COc1ccc(-c2nc3ncc(Cl)c(NC4CCN(Cc5cccc(C)c5)CC4)c3[nH]2)cc1. The summed E-state index contributed by atoms with van der Waals surface area (Å²) in [5, 5.41) is 6.77. The molecule has 0 atom stereocenters. The summed E-state index contributed by atoms with van der Waals surface area (Å²) in [6.45, 7) is 5.15. The summed E-state index contributed by atoms with van der Waals surface area (Å²) in [6, 6.07) is 16.5. The molecule has 192 valence electrons. The first-order valence-electron chi connectivity index (χ1n) is 12.5. The fourth-order valence-corrected chi connectivity index (χ4v) is 4.85. The number of hydrogen-bond donors (Lipinski definition) is 3. The van der Waals surface area contributed by atoms with E-state index < -0.39 is 0 Å². The van der Waals surface area contributed by atoms with Crippen molar-refractivity contribution in [1.82, 2.24) is 25.2 Å². The molecule has 2 aromatic carbocycles. The lowest BCUT2D eigenvalue weighted by atomic mass is 10.0. The lowest BCUT2D eigenvalue weighted by molar-refractivity contribution is -0.122. The van der Waals surface area contributed by atoms with Crippen LogP contribution < -0.4 is 15.4 Å². The number of aromatic amines is 1. The summed E-state index contributed by atoms with van der Waals surface area (Å²) in [7, 11) is 1.58. The van der Waals surface area contributed by atoms with E-state index in [-0.39, 0.29) is 12.5 Å². The normalized spacial score (nSPS) is 14.6. The molecule has 2 aromatic heterocycles. The van der Waals surface area contributed by atoms with Crippen LogP contribution in [0.5, 0.6) is 5.75 Å². The van der Waals surface area contributed by atoms with Crippen LogP contribution in [0.15, 0.2) is 54.7 Å². The van der Waals surface area contributed by atoms with Crippen molar-refractivity contribution in [3.05, 3.63) is 70.9 Å². The van der Waals surface area contributed by atoms with Crippen LogP contribution in [0.2, 0.25) is 5.02 Å². The van der Waals surface area contributed by atoms with Crippen LogP contribution in [0.3, 0.4) is 0 Å². The average molecular weight is 519 g/mol. The zero-order valence-electron chi connectivity index (χ0n) is 21.1. The first-order valence-corrected chi connectivity index (χ1v) is 12.9. The van der Waals surface area contributed by atoms with Gasteiger partial charge in [-0.2, -0.15) is 0 Å². The Kier molecular flexibility index (Phi) is 7.58. The van der Waals surface area contributed by atoms with E-state index in [9.17, 15) is 4.79 Å². The number of aryl methyl sites for hydroxylation is 1. The second-order valence-electron chi connectivity index (χ2n) is 9.44. The Bertz CT molecular complexity index is 1380. The third-order valence-electron chi connectivity index (χ3n) is 6.67. The number of fused-ring (bicyclic) bond motifs is 1. The molecule has 4 aromatic rings. The van der Waals surface area contributed by atoms with Gasteiger partial charge in [0.15, 0.2) is 12.3 Å². The van der Waals surface area contributed by atoms with Gasteiger partial charge in [0.05, 0.1) is 16.9 Å². The smallest absolute Gasteiger partial charge is 0.257 e. The van der Waals surface area contributed by atoms with Gasteiger partial charge >= 0.3 is 0 Å². The molecule has 5 rings (SSSR count). The number of likely N-dealkylation sites (tertiary alicyclic amines) is 1.